The van der Waals surface area contributed by atoms with Crippen molar-refractivity contribution in [2.45, 2.75) is 17.4 Å². The van der Waals surface area contributed by atoms with Gasteiger partial charge in [-0.3, -0.25) is 0 Å². The van der Waals surface area contributed by atoms with Crippen LogP contribution >= 0.6 is 11.8 Å². The number of nitrogens with one attached hydrogen (secondary N) is 1. The second kappa shape index (κ2) is 5.21. The molecule has 0 saturated carbocycles. The summed E-state index contributed by atoms with van der Waals surface area (Å²) < 4.78 is 26.6. The lowest BCUT2D eigenvalue weighted by Crippen LogP contribution is -2.16. The molecule has 1 nitrogen and oxygen atoms in total. The van der Waals surface area contributed by atoms with Crippen molar-refractivity contribution in [3.05, 3.63) is 59.7 Å². The van der Waals surface area contributed by atoms with Crippen LogP contribution in [0.1, 0.15) is 18.0 Å². The van der Waals surface area contributed by atoms with Crippen LogP contribution < -0.4 is 5.32 Å². The lowest BCUT2D eigenvalue weighted by atomic mass is 10.0. The second-order valence-electron chi connectivity index (χ2n) is 4.50. The van der Waals surface area contributed by atoms with Gasteiger partial charge < -0.3 is 5.32 Å². The molecule has 1 heterocycles. The molecule has 0 aromatic heterocycles. The quantitative estimate of drug-likeness (QED) is 0.860. The first kappa shape index (κ1) is 12.5. The molecule has 2 aromatic rings. The summed E-state index contributed by atoms with van der Waals surface area (Å²) in [5.74, 6) is -0.101. The summed E-state index contributed by atoms with van der Waals surface area (Å²) in [6.07, 6.45) is 0.929. The Kier molecular flexibility index (Phi) is 3.42. The number of fused-ring (bicyclic) bond motifs is 1. The minimum absolute atomic E-state index is 0.0809. The van der Waals surface area contributed by atoms with E-state index in [1.54, 1.807) is 0 Å². The van der Waals surface area contributed by atoms with Crippen LogP contribution in [0.2, 0.25) is 0 Å². The number of hydrogen-bond donors (Lipinski definition) is 1. The van der Waals surface area contributed by atoms with Crippen LogP contribution in [0.25, 0.3) is 0 Å². The summed E-state index contributed by atoms with van der Waals surface area (Å²) in [7, 11) is 0. The van der Waals surface area contributed by atoms with Crippen LogP contribution in [0.5, 0.6) is 0 Å². The van der Waals surface area contributed by atoms with Gasteiger partial charge >= 0.3 is 0 Å². The van der Waals surface area contributed by atoms with E-state index in [9.17, 15) is 8.78 Å². The first-order chi connectivity index (χ1) is 9.24. The fraction of sp³-hybridized carbons (Fsp3) is 0.200. The van der Waals surface area contributed by atoms with Gasteiger partial charge in [-0.1, -0.05) is 18.2 Å². The number of halogens is 2. The molecule has 2 aromatic carbocycles. The summed E-state index contributed by atoms with van der Waals surface area (Å²) in [5, 5.41) is 3.18. The topological polar surface area (TPSA) is 12.0 Å². The van der Waals surface area contributed by atoms with E-state index in [4.69, 9.17) is 0 Å². The highest BCUT2D eigenvalue weighted by molar-refractivity contribution is 7.99. The molecule has 98 valence electrons. The van der Waals surface area contributed by atoms with Gasteiger partial charge in [0.15, 0.2) is 0 Å². The van der Waals surface area contributed by atoms with Crippen LogP contribution in [0.4, 0.5) is 14.5 Å². The largest absolute Gasteiger partial charge is 0.376 e. The predicted molar refractivity (Wildman–Crippen MR) is 74.5 cm³/mol. The average molecular weight is 277 g/mol. The molecule has 0 radical (unpaired) electrons. The molecule has 0 fully saturated rings. The molecule has 1 unspecified atom stereocenters. The maximum atomic E-state index is 13.7. The Hall–Kier alpha value is -1.55. The highest BCUT2D eigenvalue weighted by atomic mass is 32.2. The fourth-order valence-electron chi connectivity index (χ4n) is 2.29. The predicted octanol–water partition coefficient (Wildman–Crippen LogP) is 4.61. The molecule has 1 aliphatic rings. The van der Waals surface area contributed by atoms with Gasteiger partial charge in [0.05, 0.1) is 11.7 Å². The van der Waals surface area contributed by atoms with E-state index >= 15 is 0 Å². The van der Waals surface area contributed by atoms with Crippen molar-refractivity contribution in [2.75, 3.05) is 11.1 Å². The van der Waals surface area contributed by atoms with Crippen molar-refractivity contribution >= 4 is 17.4 Å². The number of anilines is 1. The molecule has 1 atom stereocenters. The van der Waals surface area contributed by atoms with Crippen LogP contribution in [0.3, 0.4) is 0 Å². The Morgan fingerprint density at radius 1 is 1.11 bits per heavy atom. The Labute approximate surface area is 115 Å². The summed E-state index contributed by atoms with van der Waals surface area (Å²) >= 11 is 1.82. The Balaban J connectivity index is 1.88. The molecule has 0 aliphatic carbocycles. The molecule has 4 heteroatoms. The van der Waals surface area contributed by atoms with Crippen LogP contribution in [-0.2, 0) is 0 Å². The third-order valence-electron chi connectivity index (χ3n) is 3.22. The molecule has 0 saturated heterocycles. The standard InChI is InChI=1S/C15H13F2NS/c16-10-5-6-14(12(17)9-10)18-13-7-8-19-15-4-2-1-3-11(13)15/h1-6,9,13,18H,7-8H2. The molecule has 0 amide bonds. The van der Waals surface area contributed by atoms with Crippen molar-refractivity contribution in [3.63, 3.8) is 0 Å². The normalized spacial score (nSPS) is 17.9. The van der Waals surface area contributed by atoms with Gasteiger partial charge in [0.2, 0.25) is 0 Å². The van der Waals surface area contributed by atoms with Gasteiger partial charge in [0.1, 0.15) is 11.6 Å². The number of rotatable bonds is 2. The summed E-state index contributed by atoms with van der Waals surface area (Å²) in [4.78, 5) is 1.23. The first-order valence-corrected chi connectivity index (χ1v) is 7.16. The van der Waals surface area contributed by atoms with E-state index in [2.05, 4.69) is 17.4 Å². The monoisotopic (exact) mass is 277 g/mol. The molecule has 0 bridgehead atoms. The lowest BCUT2D eigenvalue weighted by molar-refractivity contribution is 0.582. The minimum Gasteiger partial charge on any atom is -0.376 e. The Morgan fingerprint density at radius 2 is 1.95 bits per heavy atom. The zero-order valence-electron chi connectivity index (χ0n) is 10.2. The van der Waals surface area contributed by atoms with Gasteiger partial charge in [-0.15, -0.1) is 11.8 Å². The maximum absolute atomic E-state index is 13.7. The summed E-state index contributed by atoms with van der Waals surface area (Å²) in [6, 6.07) is 11.8. The SMILES string of the molecule is Fc1ccc(NC2CCSc3ccccc32)c(F)c1. The van der Waals surface area contributed by atoms with Gasteiger partial charge in [-0.05, 0) is 30.2 Å². The van der Waals surface area contributed by atoms with Crippen molar-refractivity contribution < 1.29 is 8.78 Å². The van der Waals surface area contributed by atoms with Gasteiger partial charge in [0, 0.05) is 16.7 Å². The lowest BCUT2D eigenvalue weighted by Gasteiger charge is -2.26. The van der Waals surface area contributed by atoms with Gasteiger partial charge in [-0.25, -0.2) is 8.78 Å². The summed E-state index contributed by atoms with van der Waals surface area (Å²) in [6.45, 7) is 0. The Bertz CT molecular complexity index is 600. The van der Waals surface area contributed by atoms with E-state index in [1.165, 1.54) is 22.6 Å². The van der Waals surface area contributed by atoms with E-state index in [-0.39, 0.29) is 6.04 Å². The van der Waals surface area contributed by atoms with E-state index in [1.807, 2.05) is 23.9 Å². The number of hydrogen-bond acceptors (Lipinski definition) is 2. The van der Waals surface area contributed by atoms with Crippen LogP contribution in [-0.4, -0.2) is 5.75 Å². The third kappa shape index (κ3) is 2.59. The molecule has 3 rings (SSSR count). The third-order valence-corrected chi connectivity index (χ3v) is 4.34. The van der Waals surface area contributed by atoms with E-state index in [0.717, 1.165) is 18.2 Å². The second-order valence-corrected chi connectivity index (χ2v) is 5.63. The van der Waals surface area contributed by atoms with Gasteiger partial charge in [-0.2, -0.15) is 0 Å². The highest BCUT2D eigenvalue weighted by Gasteiger charge is 2.20. The molecule has 19 heavy (non-hydrogen) atoms. The van der Waals surface area contributed by atoms with Crippen LogP contribution in [0, 0.1) is 11.6 Å². The van der Waals surface area contributed by atoms with Crippen molar-refractivity contribution in [3.8, 4) is 0 Å². The minimum atomic E-state index is -0.553. The number of thioether (sulfide) groups is 1. The molecular formula is C15H13F2NS. The smallest absolute Gasteiger partial charge is 0.149 e. The zero-order valence-corrected chi connectivity index (χ0v) is 11.0. The molecular weight excluding hydrogens is 264 g/mol. The average Bonchev–Trinajstić information content (AvgIpc) is 2.42. The van der Waals surface area contributed by atoms with Crippen molar-refractivity contribution in [1.29, 1.82) is 0 Å². The van der Waals surface area contributed by atoms with E-state index < -0.39 is 11.6 Å². The summed E-state index contributed by atoms with van der Waals surface area (Å²) in [5.41, 5.74) is 1.54. The molecule has 1 aliphatic heterocycles. The van der Waals surface area contributed by atoms with Crippen molar-refractivity contribution in [1.82, 2.24) is 0 Å². The maximum Gasteiger partial charge on any atom is 0.149 e. The zero-order chi connectivity index (χ0) is 13.2. The highest BCUT2D eigenvalue weighted by Crippen LogP contribution is 2.37. The number of benzene rings is 2. The first-order valence-electron chi connectivity index (χ1n) is 6.17. The van der Waals surface area contributed by atoms with Crippen molar-refractivity contribution in [2.24, 2.45) is 0 Å². The van der Waals surface area contributed by atoms with E-state index in [0.29, 0.717) is 5.69 Å². The molecule has 1 N–H and O–H groups in total. The van der Waals surface area contributed by atoms with Gasteiger partial charge in [0.25, 0.3) is 0 Å². The Morgan fingerprint density at radius 3 is 2.79 bits per heavy atom. The molecule has 0 spiro atoms. The fourth-order valence-corrected chi connectivity index (χ4v) is 3.41. The van der Waals surface area contributed by atoms with Crippen LogP contribution in [0.15, 0.2) is 47.4 Å².